The van der Waals surface area contributed by atoms with Gasteiger partial charge in [-0.3, -0.25) is 14.5 Å². The van der Waals surface area contributed by atoms with Gasteiger partial charge in [-0.15, -0.1) is 0 Å². The number of carbonyl (C=O) groups excluding carboxylic acids is 2. The minimum atomic E-state index is -0.903. The van der Waals surface area contributed by atoms with Crippen molar-refractivity contribution in [1.82, 2.24) is 15.1 Å². The number of nitrogens with one attached hydrogen (secondary N) is 1. The molecule has 0 spiro atoms. The number of halogens is 2. The van der Waals surface area contributed by atoms with Crippen molar-refractivity contribution >= 4 is 11.8 Å². The Morgan fingerprint density at radius 2 is 2.08 bits per heavy atom. The lowest BCUT2D eigenvalue weighted by Gasteiger charge is -2.32. The molecule has 0 aromatic heterocycles. The first-order valence-corrected chi connectivity index (χ1v) is 8.62. The molecule has 5 nitrogen and oxygen atoms in total. The zero-order valence-electron chi connectivity index (χ0n) is 15.3. The molecule has 0 aliphatic carbocycles. The van der Waals surface area contributed by atoms with Crippen molar-refractivity contribution in [2.45, 2.75) is 38.4 Å². The third kappa shape index (κ3) is 4.46. The maximum Gasteiger partial charge on any atom is 0.246 e. The molecule has 1 saturated heterocycles. The van der Waals surface area contributed by atoms with Crippen LogP contribution in [0.2, 0.25) is 0 Å². The molecular weight excluding hydrogens is 340 g/mol. The normalized spacial score (nSPS) is 20.2. The minimum Gasteiger partial charge on any atom is -0.350 e. The summed E-state index contributed by atoms with van der Waals surface area (Å²) in [6.07, 6.45) is 1.83. The van der Waals surface area contributed by atoms with Gasteiger partial charge in [0.1, 0.15) is 0 Å². The summed E-state index contributed by atoms with van der Waals surface area (Å²) < 4.78 is 27.0. The van der Waals surface area contributed by atoms with Crippen molar-refractivity contribution in [1.29, 1.82) is 0 Å². The smallest absolute Gasteiger partial charge is 0.246 e. The molecule has 7 heteroatoms. The fourth-order valence-electron chi connectivity index (χ4n) is 3.37. The Kier molecular flexibility index (Phi) is 6.47. The lowest BCUT2D eigenvalue weighted by Crippen LogP contribution is -2.45. The van der Waals surface area contributed by atoms with Gasteiger partial charge in [-0.25, -0.2) is 8.78 Å². The van der Waals surface area contributed by atoms with Gasteiger partial charge in [0, 0.05) is 25.7 Å². The van der Waals surface area contributed by atoms with Crippen LogP contribution in [0.3, 0.4) is 0 Å². The van der Waals surface area contributed by atoms with Crippen LogP contribution in [0.25, 0.3) is 0 Å². The number of hydrogen-bond acceptors (Lipinski definition) is 3. The van der Waals surface area contributed by atoms with Crippen molar-refractivity contribution in [2.24, 2.45) is 0 Å². The molecule has 2 amide bonds. The van der Waals surface area contributed by atoms with Crippen molar-refractivity contribution in [3.8, 4) is 0 Å². The third-order valence-electron chi connectivity index (χ3n) is 4.66. The van der Waals surface area contributed by atoms with Gasteiger partial charge in [0.15, 0.2) is 11.6 Å². The first-order valence-electron chi connectivity index (χ1n) is 8.62. The molecule has 1 aromatic rings. The second-order valence-electron chi connectivity index (χ2n) is 6.81. The summed E-state index contributed by atoms with van der Waals surface area (Å²) in [5.74, 6) is -2.44. The van der Waals surface area contributed by atoms with E-state index in [0.29, 0.717) is 12.0 Å². The van der Waals surface area contributed by atoms with E-state index in [-0.39, 0.29) is 36.5 Å². The number of likely N-dealkylation sites (tertiary alicyclic amines) is 1. The van der Waals surface area contributed by atoms with E-state index in [1.165, 1.54) is 18.0 Å². The number of rotatable bonds is 6. The summed E-state index contributed by atoms with van der Waals surface area (Å²) in [4.78, 5) is 27.3. The van der Waals surface area contributed by atoms with Crippen LogP contribution in [0, 0.1) is 11.6 Å². The molecular formula is C19H25F2N3O2. The molecule has 1 N–H and O–H groups in total. The van der Waals surface area contributed by atoms with E-state index in [1.807, 2.05) is 13.8 Å². The van der Waals surface area contributed by atoms with E-state index in [2.05, 4.69) is 16.8 Å². The number of benzene rings is 1. The molecule has 1 heterocycles. The van der Waals surface area contributed by atoms with E-state index in [1.54, 1.807) is 6.07 Å². The van der Waals surface area contributed by atoms with Crippen LogP contribution in [0.15, 0.2) is 30.9 Å². The molecule has 0 radical (unpaired) electrons. The van der Waals surface area contributed by atoms with E-state index in [4.69, 9.17) is 0 Å². The van der Waals surface area contributed by atoms with Crippen LogP contribution in [-0.4, -0.2) is 53.8 Å². The van der Waals surface area contributed by atoms with Gasteiger partial charge in [-0.05, 0) is 44.0 Å². The fraction of sp³-hybridized carbons (Fsp3) is 0.474. The SMILES string of the molecule is C=CC(=O)N(C)CC(=O)N[C@@H]1CCN(C(C)C)[C@H]1c1ccc(F)c(F)c1. The number of amides is 2. The van der Waals surface area contributed by atoms with Crippen LogP contribution >= 0.6 is 0 Å². The van der Waals surface area contributed by atoms with Crippen molar-refractivity contribution < 1.29 is 18.4 Å². The highest BCUT2D eigenvalue weighted by molar-refractivity contribution is 5.90. The first-order chi connectivity index (χ1) is 12.2. The Hall–Kier alpha value is -2.28. The van der Waals surface area contributed by atoms with Gasteiger partial charge in [0.2, 0.25) is 11.8 Å². The van der Waals surface area contributed by atoms with Gasteiger partial charge >= 0.3 is 0 Å². The Morgan fingerprint density at radius 3 is 2.65 bits per heavy atom. The van der Waals surface area contributed by atoms with Crippen molar-refractivity contribution in [3.63, 3.8) is 0 Å². The van der Waals surface area contributed by atoms with Crippen LogP contribution in [0.4, 0.5) is 8.78 Å². The minimum absolute atomic E-state index is 0.0898. The Morgan fingerprint density at radius 1 is 1.38 bits per heavy atom. The van der Waals surface area contributed by atoms with Gasteiger partial charge in [0.25, 0.3) is 0 Å². The molecule has 2 rings (SSSR count). The number of nitrogens with zero attached hydrogens (tertiary/aromatic N) is 2. The summed E-state index contributed by atoms with van der Waals surface area (Å²) in [5, 5.41) is 2.93. The monoisotopic (exact) mass is 365 g/mol. The Bertz CT molecular complexity index is 693. The second kappa shape index (κ2) is 8.40. The summed E-state index contributed by atoms with van der Waals surface area (Å²) in [5.41, 5.74) is 0.621. The zero-order valence-corrected chi connectivity index (χ0v) is 15.3. The predicted octanol–water partition coefficient (Wildman–Crippen LogP) is 2.25. The van der Waals surface area contributed by atoms with Gasteiger partial charge < -0.3 is 10.2 Å². The van der Waals surface area contributed by atoms with Crippen LogP contribution in [-0.2, 0) is 9.59 Å². The molecule has 2 atom stereocenters. The summed E-state index contributed by atoms with van der Waals surface area (Å²) in [6, 6.07) is 3.52. The summed E-state index contributed by atoms with van der Waals surface area (Å²) in [7, 11) is 1.52. The fourth-order valence-corrected chi connectivity index (χ4v) is 3.37. The predicted molar refractivity (Wildman–Crippen MR) is 95.3 cm³/mol. The molecule has 0 unspecified atom stereocenters. The quantitative estimate of drug-likeness (QED) is 0.787. The Balaban J connectivity index is 2.18. The highest BCUT2D eigenvalue weighted by Gasteiger charge is 2.37. The molecule has 26 heavy (non-hydrogen) atoms. The van der Waals surface area contributed by atoms with Crippen molar-refractivity contribution in [2.75, 3.05) is 20.1 Å². The van der Waals surface area contributed by atoms with Gasteiger partial charge in [-0.1, -0.05) is 12.6 Å². The van der Waals surface area contributed by atoms with Gasteiger partial charge in [-0.2, -0.15) is 0 Å². The molecule has 1 aliphatic heterocycles. The average Bonchev–Trinajstić information content (AvgIpc) is 3.00. The van der Waals surface area contributed by atoms with E-state index in [9.17, 15) is 18.4 Å². The maximum atomic E-state index is 13.7. The highest BCUT2D eigenvalue weighted by Crippen LogP contribution is 2.34. The molecule has 1 aromatic carbocycles. The number of hydrogen-bond donors (Lipinski definition) is 1. The molecule has 0 bridgehead atoms. The lowest BCUT2D eigenvalue weighted by atomic mass is 9.99. The average molecular weight is 365 g/mol. The Labute approximate surface area is 152 Å². The summed E-state index contributed by atoms with van der Waals surface area (Å²) >= 11 is 0. The van der Waals surface area contributed by atoms with E-state index < -0.39 is 11.6 Å². The summed E-state index contributed by atoms with van der Waals surface area (Å²) in [6.45, 7) is 8.08. The lowest BCUT2D eigenvalue weighted by molar-refractivity contribution is -0.131. The molecule has 142 valence electrons. The van der Waals surface area contributed by atoms with Crippen LogP contribution < -0.4 is 5.32 Å². The molecule has 1 fully saturated rings. The number of carbonyl (C=O) groups is 2. The largest absolute Gasteiger partial charge is 0.350 e. The molecule has 1 aliphatic rings. The standard InChI is InChI=1S/C19H25F2N3O2/c1-5-18(26)23(4)11-17(25)22-16-8-9-24(12(2)3)19(16)13-6-7-14(20)15(21)10-13/h5-7,10,12,16,19H,1,8-9,11H2,2-4H3,(H,22,25)/t16-,19+/m1/s1. The second-order valence-corrected chi connectivity index (χ2v) is 6.81. The zero-order chi connectivity index (χ0) is 19.4. The topological polar surface area (TPSA) is 52.7 Å². The van der Waals surface area contributed by atoms with Crippen LogP contribution in [0.5, 0.6) is 0 Å². The maximum absolute atomic E-state index is 13.7. The molecule has 0 saturated carbocycles. The van der Waals surface area contributed by atoms with Crippen molar-refractivity contribution in [3.05, 3.63) is 48.1 Å². The third-order valence-corrected chi connectivity index (χ3v) is 4.66. The van der Waals surface area contributed by atoms with Gasteiger partial charge in [0.05, 0.1) is 12.6 Å². The number of likely N-dealkylation sites (N-methyl/N-ethyl adjacent to an activating group) is 1. The van der Waals surface area contributed by atoms with E-state index in [0.717, 1.165) is 18.7 Å². The van der Waals surface area contributed by atoms with Crippen LogP contribution in [0.1, 0.15) is 31.9 Å². The highest BCUT2D eigenvalue weighted by atomic mass is 19.2. The first kappa shape index (κ1) is 20.0. The van der Waals surface area contributed by atoms with E-state index >= 15 is 0 Å².